The van der Waals surface area contributed by atoms with Crippen LogP contribution in [-0.4, -0.2) is 68.0 Å². The van der Waals surface area contributed by atoms with Gasteiger partial charge in [-0.1, -0.05) is 17.7 Å². The van der Waals surface area contributed by atoms with Gasteiger partial charge < -0.3 is 34.6 Å². The molecule has 0 amide bonds. The Balaban J connectivity index is 1.23. The molecule has 40 heavy (non-hydrogen) atoms. The Morgan fingerprint density at radius 2 is 1.98 bits per heavy atom. The normalized spacial score (nSPS) is 16.0. The lowest BCUT2D eigenvalue weighted by atomic mass is 10.1. The molecule has 0 aliphatic carbocycles. The predicted octanol–water partition coefficient (Wildman–Crippen LogP) is 5.47. The molecule has 0 unspecified atom stereocenters. The Morgan fingerprint density at radius 3 is 2.83 bits per heavy atom. The van der Waals surface area contributed by atoms with Crippen LogP contribution < -0.4 is 25.0 Å². The topological polar surface area (TPSA) is 84.0 Å². The summed E-state index contributed by atoms with van der Waals surface area (Å²) in [6.07, 6.45) is -2.21. The number of hydrogen-bond acceptors (Lipinski definition) is 9. The molecule has 13 heteroatoms. The second-order valence-corrected chi connectivity index (χ2v) is 9.99. The number of aromatic nitrogens is 2. The summed E-state index contributed by atoms with van der Waals surface area (Å²) in [4.78, 5) is 12.5. The molecular formula is C27H30ClF3N6O3. The van der Waals surface area contributed by atoms with Crippen molar-refractivity contribution < 1.29 is 27.4 Å². The second kappa shape index (κ2) is 12.4. The molecule has 3 aromatic rings. The molecule has 0 bridgehead atoms. The first kappa shape index (κ1) is 28.1. The molecule has 0 atom stereocenters. The highest BCUT2D eigenvalue weighted by molar-refractivity contribution is 6.32. The number of nitrogens with zero attached hydrogens (tertiary/aromatic N) is 4. The van der Waals surface area contributed by atoms with Crippen molar-refractivity contribution in [3.63, 3.8) is 0 Å². The Hall–Kier alpha value is -3.48. The monoisotopic (exact) mass is 578 g/mol. The van der Waals surface area contributed by atoms with E-state index in [1.54, 1.807) is 24.3 Å². The highest BCUT2D eigenvalue weighted by Crippen LogP contribution is 2.38. The van der Waals surface area contributed by atoms with Gasteiger partial charge in [-0.3, -0.25) is 0 Å². The minimum Gasteiger partial charge on any atom is -0.483 e. The van der Waals surface area contributed by atoms with Crippen LogP contribution in [-0.2, 0) is 17.5 Å². The van der Waals surface area contributed by atoms with Gasteiger partial charge in [0.2, 0.25) is 5.75 Å². The summed E-state index contributed by atoms with van der Waals surface area (Å²) < 4.78 is 58.3. The number of halogens is 4. The maximum absolute atomic E-state index is 13.7. The van der Waals surface area contributed by atoms with Crippen molar-refractivity contribution in [3.8, 4) is 17.4 Å². The van der Waals surface area contributed by atoms with Crippen LogP contribution in [0, 0.1) is 0 Å². The molecule has 0 saturated carbocycles. The third-order valence-corrected chi connectivity index (χ3v) is 6.90. The molecule has 1 aromatic heterocycles. The average molecular weight is 579 g/mol. The van der Waals surface area contributed by atoms with E-state index >= 15 is 0 Å². The summed E-state index contributed by atoms with van der Waals surface area (Å²) in [7, 11) is 2.02. The molecule has 1 saturated heterocycles. The van der Waals surface area contributed by atoms with Crippen LogP contribution in [0.15, 0.2) is 42.7 Å². The number of anilines is 3. The van der Waals surface area contributed by atoms with Crippen LogP contribution in [0.5, 0.6) is 17.4 Å². The summed E-state index contributed by atoms with van der Waals surface area (Å²) in [5.41, 5.74) is 0.931. The van der Waals surface area contributed by atoms with E-state index in [1.807, 2.05) is 11.9 Å². The standard InChI is InChI=1S/C27H30ClF3N6O3/c1-36-6-2-7-37(9-8-36)21-13-19(27(29,30)31)12-20(14-21)35-17-38-15-18-3-4-22(28)23(11-18)40-26-24-25(33-16-34-26)32-5-10-39-24/h3-4,11-14,16,35H,2,5-10,15,17H2,1H3,(H,32,33,34). The van der Waals surface area contributed by atoms with Crippen LogP contribution >= 0.6 is 11.6 Å². The molecule has 0 spiro atoms. The van der Waals surface area contributed by atoms with Crippen LogP contribution in [0.4, 0.5) is 30.4 Å². The zero-order valence-corrected chi connectivity index (χ0v) is 22.7. The maximum Gasteiger partial charge on any atom is 0.416 e. The van der Waals surface area contributed by atoms with Crippen molar-refractivity contribution >= 4 is 28.8 Å². The average Bonchev–Trinajstić information content (AvgIpc) is 3.16. The highest BCUT2D eigenvalue weighted by Gasteiger charge is 2.32. The third-order valence-electron chi connectivity index (χ3n) is 6.59. The van der Waals surface area contributed by atoms with Gasteiger partial charge in [0.1, 0.15) is 25.4 Å². The van der Waals surface area contributed by atoms with E-state index in [0.717, 1.165) is 31.1 Å². The number of likely N-dealkylation sites (N-methyl/N-ethyl adjacent to an activating group) is 1. The number of nitrogens with one attached hydrogen (secondary N) is 2. The SMILES string of the molecule is CN1CCCN(c2cc(NCOCc3ccc(Cl)c(Oc4ncnc5c4OCCN5)c3)cc(C(F)(F)F)c2)CC1. The quantitative estimate of drug-likeness (QED) is 0.267. The molecule has 3 heterocycles. The van der Waals surface area contributed by atoms with Gasteiger partial charge in [0.15, 0.2) is 5.82 Å². The summed E-state index contributed by atoms with van der Waals surface area (Å²) in [6.45, 7) is 4.32. The van der Waals surface area contributed by atoms with Gasteiger partial charge in [0, 0.05) is 31.0 Å². The van der Waals surface area contributed by atoms with E-state index < -0.39 is 11.7 Å². The first-order valence-electron chi connectivity index (χ1n) is 12.9. The lowest BCUT2D eigenvalue weighted by molar-refractivity contribution is -0.137. The van der Waals surface area contributed by atoms with Crippen LogP contribution in [0.3, 0.4) is 0 Å². The summed E-state index contributed by atoms with van der Waals surface area (Å²) in [5, 5.41) is 6.46. The smallest absolute Gasteiger partial charge is 0.416 e. The van der Waals surface area contributed by atoms with E-state index in [2.05, 4.69) is 25.5 Å². The van der Waals surface area contributed by atoms with Crippen molar-refractivity contribution in [3.05, 3.63) is 58.9 Å². The molecule has 1 fully saturated rings. The number of hydrogen-bond donors (Lipinski definition) is 2. The summed E-state index contributed by atoms with van der Waals surface area (Å²) in [5.74, 6) is 1.54. The van der Waals surface area contributed by atoms with E-state index in [4.69, 9.17) is 25.8 Å². The zero-order chi connectivity index (χ0) is 28.1. The molecule has 9 nitrogen and oxygen atoms in total. The molecule has 2 aliphatic heterocycles. The first-order valence-corrected chi connectivity index (χ1v) is 13.3. The molecule has 2 aromatic carbocycles. The predicted molar refractivity (Wildman–Crippen MR) is 147 cm³/mol. The van der Waals surface area contributed by atoms with Crippen LogP contribution in [0.1, 0.15) is 17.5 Å². The van der Waals surface area contributed by atoms with E-state index in [9.17, 15) is 13.2 Å². The van der Waals surface area contributed by atoms with Crippen LogP contribution in [0.2, 0.25) is 5.02 Å². The lowest BCUT2D eigenvalue weighted by Crippen LogP contribution is -2.29. The number of fused-ring (bicyclic) bond motifs is 1. The fraction of sp³-hybridized carbons (Fsp3) is 0.407. The minimum absolute atomic E-state index is 0.00122. The molecule has 214 valence electrons. The molecule has 0 radical (unpaired) electrons. The number of alkyl halides is 3. The van der Waals surface area contributed by atoms with Gasteiger partial charge in [-0.15, -0.1) is 0 Å². The van der Waals surface area contributed by atoms with Crippen LogP contribution in [0.25, 0.3) is 0 Å². The lowest BCUT2D eigenvalue weighted by Gasteiger charge is -2.25. The Labute approximate surface area is 235 Å². The fourth-order valence-corrected chi connectivity index (χ4v) is 4.65. The zero-order valence-electron chi connectivity index (χ0n) is 21.9. The number of benzene rings is 2. The minimum atomic E-state index is -4.46. The first-order chi connectivity index (χ1) is 19.3. The second-order valence-electron chi connectivity index (χ2n) is 9.58. The van der Waals surface area contributed by atoms with Crippen molar-refractivity contribution in [2.24, 2.45) is 0 Å². The Kier molecular flexibility index (Phi) is 8.67. The van der Waals surface area contributed by atoms with Crippen molar-refractivity contribution in [1.29, 1.82) is 0 Å². The van der Waals surface area contributed by atoms with E-state index in [-0.39, 0.29) is 19.2 Å². The van der Waals surface area contributed by atoms with Gasteiger partial charge >= 0.3 is 6.18 Å². The largest absolute Gasteiger partial charge is 0.483 e. The van der Waals surface area contributed by atoms with E-state index in [0.29, 0.717) is 60.0 Å². The molecule has 5 rings (SSSR count). The molecular weight excluding hydrogens is 549 g/mol. The highest BCUT2D eigenvalue weighted by atomic mass is 35.5. The van der Waals surface area contributed by atoms with E-state index in [1.165, 1.54) is 12.4 Å². The Morgan fingerprint density at radius 1 is 1.10 bits per heavy atom. The number of rotatable bonds is 8. The van der Waals surface area contributed by atoms with Crippen molar-refractivity contribution in [1.82, 2.24) is 14.9 Å². The summed E-state index contributed by atoms with van der Waals surface area (Å²) in [6, 6.07) is 9.21. The van der Waals surface area contributed by atoms with Crippen molar-refractivity contribution in [2.45, 2.75) is 19.2 Å². The molecule has 2 N–H and O–H groups in total. The van der Waals surface area contributed by atoms with Gasteiger partial charge in [0.05, 0.1) is 23.7 Å². The van der Waals surface area contributed by atoms with Gasteiger partial charge in [-0.2, -0.15) is 18.2 Å². The van der Waals surface area contributed by atoms with Gasteiger partial charge in [-0.25, -0.2) is 4.98 Å². The Bertz CT molecular complexity index is 1330. The van der Waals surface area contributed by atoms with Gasteiger partial charge in [0.25, 0.3) is 5.88 Å². The van der Waals surface area contributed by atoms with Gasteiger partial charge in [-0.05, 0) is 55.9 Å². The maximum atomic E-state index is 13.7. The molecule has 2 aliphatic rings. The van der Waals surface area contributed by atoms with Crippen molar-refractivity contribution in [2.75, 3.05) is 68.6 Å². The fourth-order valence-electron chi connectivity index (χ4n) is 4.50. The number of ether oxygens (including phenoxy) is 3. The summed E-state index contributed by atoms with van der Waals surface area (Å²) >= 11 is 6.34. The third kappa shape index (κ3) is 6.98.